The molecular formula is C19H23BrN4OS. The molecule has 1 saturated carbocycles. The van der Waals surface area contributed by atoms with Crippen molar-refractivity contribution >= 4 is 38.4 Å². The summed E-state index contributed by atoms with van der Waals surface area (Å²) in [6, 6.07) is 8.70. The van der Waals surface area contributed by atoms with Crippen LogP contribution in [0.1, 0.15) is 41.8 Å². The van der Waals surface area contributed by atoms with Gasteiger partial charge in [0.1, 0.15) is 0 Å². The lowest BCUT2D eigenvalue weighted by atomic mass is 10.1. The lowest BCUT2D eigenvalue weighted by Gasteiger charge is -2.25. The Hall–Kier alpha value is -1.44. The van der Waals surface area contributed by atoms with Crippen molar-refractivity contribution in [3.8, 4) is 0 Å². The van der Waals surface area contributed by atoms with Crippen LogP contribution in [-0.2, 0) is 19.5 Å². The van der Waals surface area contributed by atoms with Crippen molar-refractivity contribution in [3.63, 3.8) is 0 Å². The summed E-state index contributed by atoms with van der Waals surface area (Å²) in [5, 5.41) is 6.70. The minimum atomic E-state index is -0.116. The Labute approximate surface area is 166 Å². The second-order valence-corrected chi connectivity index (χ2v) is 9.06. The number of benzene rings is 1. The Balaban J connectivity index is 1.34. The maximum absolute atomic E-state index is 12.1. The molecule has 2 heterocycles. The molecule has 0 bridgehead atoms. The van der Waals surface area contributed by atoms with Gasteiger partial charge in [0.25, 0.3) is 0 Å². The molecule has 2 aliphatic rings. The smallest absolute Gasteiger partial charge is 0.321 e. The van der Waals surface area contributed by atoms with Crippen LogP contribution in [0, 0.1) is 0 Å². The molecule has 0 atom stereocenters. The number of hydrogen-bond donors (Lipinski definition) is 2. The number of rotatable bonds is 4. The fourth-order valence-corrected chi connectivity index (χ4v) is 4.98. The van der Waals surface area contributed by atoms with E-state index in [2.05, 4.69) is 60.7 Å². The predicted octanol–water partition coefficient (Wildman–Crippen LogP) is 4.53. The van der Waals surface area contributed by atoms with Crippen LogP contribution in [0.5, 0.6) is 0 Å². The van der Waals surface area contributed by atoms with Crippen LogP contribution in [0.3, 0.4) is 0 Å². The largest absolute Gasteiger partial charge is 0.335 e. The van der Waals surface area contributed by atoms with Crippen LogP contribution in [0.4, 0.5) is 9.93 Å². The third-order valence-corrected chi connectivity index (χ3v) is 6.57. The van der Waals surface area contributed by atoms with Crippen molar-refractivity contribution in [2.24, 2.45) is 0 Å². The van der Waals surface area contributed by atoms with E-state index >= 15 is 0 Å². The van der Waals surface area contributed by atoms with E-state index in [0.717, 1.165) is 54.2 Å². The van der Waals surface area contributed by atoms with Gasteiger partial charge in [-0.2, -0.15) is 0 Å². The summed E-state index contributed by atoms with van der Waals surface area (Å²) in [5.41, 5.74) is 2.45. The highest BCUT2D eigenvalue weighted by molar-refractivity contribution is 9.10. The quantitative estimate of drug-likeness (QED) is 0.742. The van der Waals surface area contributed by atoms with E-state index < -0.39 is 0 Å². The fraction of sp³-hybridized carbons (Fsp3) is 0.474. The molecule has 1 aromatic heterocycles. The third kappa shape index (κ3) is 4.45. The van der Waals surface area contributed by atoms with Gasteiger partial charge in [0.2, 0.25) is 0 Å². The summed E-state index contributed by atoms with van der Waals surface area (Å²) >= 11 is 5.09. The van der Waals surface area contributed by atoms with E-state index in [9.17, 15) is 4.79 Å². The van der Waals surface area contributed by atoms with Crippen LogP contribution in [-0.4, -0.2) is 28.5 Å². The van der Waals surface area contributed by atoms with Gasteiger partial charge in [-0.3, -0.25) is 10.2 Å². The first-order chi connectivity index (χ1) is 12.7. The van der Waals surface area contributed by atoms with E-state index in [1.54, 1.807) is 11.3 Å². The Kier molecular flexibility index (Phi) is 5.57. The average molecular weight is 435 g/mol. The zero-order valence-electron chi connectivity index (χ0n) is 14.6. The van der Waals surface area contributed by atoms with E-state index in [1.165, 1.54) is 23.3 Å². The molecule has 2 N–H and O–H groups in total. The van der Waals surface area contributed by atoms with Gasteiger partial charge in [-0.15, -0.1) is 11.3 Å². The predicted molar refractivity (Wildman–Crippen MR) is 108 cm³/mol. The van der Waals surface area contributed by atoms with E-state index in [0.29, 0.717) is 6.04 Å². The number of hydrogen-bond acceptors (Lipinski definition) is 4. The molecule has 1 fully saturated rings. The minimum absolute atomic E-state index is 0.116. The second kappa shape index (κ2) is 8.06. The number of halogens is 1. The van der Waals surface area contributed by atoms with Crippen LogP contribution in [0.25, 0.3) is 0 Å². The minimum Gasteiger partial charge on any atom is -0.335 e. The number of fused-ring (bicyclic) bond motifs is 1. The standard InChI is InChI=1S/C19H23BrN4OS/c20-14-7-5-13(6-8-14)11-24-10-9-16-17(12-24)26-19(22-16)23-18(25)21-15-3-1-2-4-15/h5-8,15H,1-4,9-12H2,(H2,21,22,23,25). The van der Waals surface area contributed by atoms with Crippen molar-refractivity contribution < 1.29 is 4.79 Å². The monoisotopic (exact) mass is 434 g/mol. The number of nitrogens with zero attached hydrogens (tertiary/aromatic N) is 2. The number of anilines is 1. The van der Waals surface area contributed by atoms with Gasteiger partial charge >= 0.3 is 6.03 Å². The lowest BCUT2D eigenvalue weighted by Crippen LogP contribution is -2.36. The molecule has 138 valence electrons. The number of amides is 2. The normalized spacial score (nSPS) is 17.9. The summed E-state index contributed by atoms with van der Waals surface area (Å²) in [4.78, 5) is 20.5. The Bertz CT molecular complexity index is 770. The summed E-state index contributed by atoms with van der Waals surface area (Å²) in [6.07, 6.45) is 5.54. The molecule has 1 aliphatic carbocycles. The molecule has 0 unspecified atom stereocenters. The van der Waals surface area contributed by atoms with E-state index in [4.69, 9.17) is 0 Å². The third-order valence-electron chi connectivity index (χ3n) is 5.04. The van der Waals surface area contributed by atoms with Crippen molar-refractivity contribution in [1.82, 2.24) is 15.2 Å². The number of carbonyl (C=O) groups excluding carboxylic acids is 1. The van der Waals surface area contributed by atoms with Gasteiger partial charge in [0.15, 0.2) is 5.13 Å². The van der Waals surface area contributed by atoms with E-state index in [-0.39, 0.29) is 6.03 Å². The molecule has 5 nitrogen and oxygen atoms in total. The topological polar surface area (TPSA) is 57.3 Å². The van der Waals surface area contributed by atoms with E-state index in [1.807, 2.05) is 0 Å². The highest BCUT2D eigenvalue weighted by Crippen LogP contribution is 2.29. The zero-order chi connectivity index (χ0) is 17.9. The molecule has 26 heavy (non-hydrogen) atoms. The van der Waals surface area contributed by atoms with Crippen molar-refractivity contribution in [1.29, 1.82) is 0 Å². The maximum atomic E-state index is 12.1. The Morgan fingerprint density at radius 3 is 2.81 bits per heavy atom. The SMILES string of the molecule is O=C(Nc1nc2c(s1)CN(Cc1ccc(Br)cc1)CC2)NC1CCCC1. The molecule has 0 saturated heterocycles. The Morgan fingerprint density at radius 1 is 1.27 bits per heavy atom. The van der Waals surface area contributed by atoms with Gasteiger partial charge < -0.3 is 5.32 Å². The lowest BCUT2D eigenvalue weighted by molar-refractivity contribution is 0.247. The first-order valence-electron chi connectivity index (χ1n) is 9.18. The first-order valence-corrected chi connectivity index (χ1v) is 10.8. The molecule has 7 heteroatoms. The molecule has 0 spiro atoms. The highest BCUT2D eigenvalue weighted by atomic mass is 79.9. The second-order valence-electron chi connectivity index (χ2n) is 7.06. The fourth-order valence-electron chi connectivity index (χ4n) is 3.67. The van der Waals surface area contributed by atoms with Gasteiger partial charge in [-0.1, -0.05) is 40.9 Å². The number of carbonyl (C=O) groups is 1. The maximum Gasteiger partial charge on any atom is 0.321 e. The van der Waals surface area contributed by atoms with Gasteiger partial charge in [0, 0.05) is 41.4 Å². The molecule has 1 aromatic carbocycles. The summed E-state index contributed by atoms with van der Waals surface area (Å²) < 4.78 is 1.11. The summed E-state index contributed by atoms with van der Waals surface area (Å²) in [7, 11) is 0. The molecule has 2 aromatic rings. The van der Waals surface area contributed by atoms with Crippen molar-refractivity contribution in [2.45, 2.75) is 51.2 Å². The van der Waals surface area contributed by atoms with Crippen molar-refractivity contribution in [2.75, 3.05) is 11.9 Å². The van der Waals surface area contributed by atoms with Gasteiger partial charge in [-0.25, -0.2) is 9.78 Å². The molecular weight excluding hydrogens is 412 g/mol. The summed E-state index contributed by atoms with van der Waals surface area (Å²) in [6.45, 7) is 2.84. The number of aromatic nitrogens is 1. The zero-order valence-corrected chi connectivity index (χ0v) is 17.0. The van der Waals surface area contributed by atoms with Gasteiger partial charge in [0.05, 0.1) is 5.69 Å². The molecule has 4 rings (SSSR count). The molecule has 0 radical (unpaired) electrons. The number of urea groups is 1. The summed E-state index contributed by atoms with van der Waals surface area (Å²) in [5.74, 6) is 0. The van der Waals surface area contributed by atoms with Crippen LogP contribution < -0.4 is 10.6 Å². The molecule has 1 aliphatic heterocycles. The molecule has 2 amide bonds. The van der Waals surface area contributed by atoms with Crippen LogP contribution in [0.15, 0.2) is 28.7 Å². The van der Waals surface area contributed by atoms with Gasteiger partial charge in [-0.05, 0) is 30.5 Å². The number of thiazole rings is 1. The van der Waals surface area contributed by atoms with Crippen molar-refractivity contribution in [3.05, 3.63) is 44.9 Å². The van der Waals surface area contributed by atoms with Crippen LogP contribution >= 0.6 is 27.3 Å². The van der Waals surface area contributed by atoms with Crippen LogP contribution in [0.2, 0.25) is 0 Å². The first kappa shape index (κ1) is 17.9. The average Bonchev–Trinajstić information content (AvgIpc) is 3.25. The Morgan fingerprint density at radius 2 is 2.04 bits per heavy atom. The highest BCUT2D eigenvalue weighted by Gasteiger charge is 2.22. The number of nitrogens with one attached hydrogen (secondary N) is 2.